The van der Waals surface area contributed by atoms with Gasteiger partial charge >= 0.3 is 0 Å². The Labute approximate surface area is 115 Å². The molecule has 0 aliphatic rings. The number of likely N-dealkylation sites (N-methyl/N-ethyl adjacent to an activating group) is 1. The highest BCUT2D eigenvalue weighted by atomic mass is 16.3. The van der Waals surface area contributed by atoms with E-state index >= 15 is 0 Å². The van der Waals surface area contributed by atoms with E-state index in [-0.39, 0.29) is 23.7 Å². The Kier molecular flexibility index (Phi) is 5.83. The van der Waals surface area contributed by atoms with Gasteiger partial charge in [0.15, 0.2) is 0 Å². The highest BCUT2D eigenvalue weighted by Gasteiger charge is 2.21. The zero-order valence-electron chi connectivity index (χ0n) is 12.1. The molecule has 19 heavy (non-hydrogen) atoms. The molecule has 106 valence electrons. The Balaban J connectivity index is 2.75. The van der Waals surface area contributed by atoms with Crippen LogP contribution in [0.15, 0.2) is 24.3 Å². The molecule has 0 spiro atoms. The third kappa shape index (κ3) is 4.91. The predicted octanol–water partition coefficient (Wildman–Crippen LogP) is 2.20. The summed E-state index contributed by atoms with van der Waals surface area (Å²) >= 11 is 0. The molecule has 0 heterocycles. The molecule has 3 N–H and O–H groups in total. The van der Waals surface area contributed by atoms with Crippen LogP contribution < -0.4 is 10.6 Å². The van der Waals surface area contributed by atoms with E-state index in [1.807, 2.05) is 13.0 Å². The van der Waals surface area contributed by atoms with Crippen molar-refractivity contribution >= 4 is 5.91 Å². The van der Waals surface area contributed by atoms with E-state index in [1.165, 1.54) is 0 Å². The second-order valence-electron chi connectivity index (χ2n) is 5.28. The summed E-state index contributed by atoms with van der Waals surface area (Å²) in [5, 5.41) is 15.5. The van der Waals surface area contributed by atoms with Crippen LogP contribution in [0.4, 0.5) is 0 Å². The molecule has 1 aromatic carbocycles. The van der Waals surface area contributed by atoms with Crippen LogP contribution in [-0.2, 0) is 4.79 Å². The second kappa shape index (κ2) is 7.14. The number of nitrogens with one attached hydrogen (secondary N) is 2. The quantitative estimate of drug-likeness (QED) is 0.738. The van der Waals surface area contributed by atoms with E-state index in [9.17, 15) is 9.90 Å². The number of phenols is 1. The van der Waals surface area contributed by atoms with Gasteiger partial charge in [-0.2, -0.15) is 0 Å². The zero-order valence-corrected chi connectivity index (χ0v) is 12.1. The van der Waals surface area contributed by atoms with Crippen LogP contribution in [0.1, 0.15) is 38.8 Å². The molecule has 4 heteroatoms. The van der Waals surface area contributed by atoms with Crippen LogP contribution in [0.2, 0.25) is 0 Å². The van der Waals surface area contributed by atoms with Crippen LogP contribution in [-0.4, -0.2) is 24.1 Å². The van der Waals surface area contributed by atoms with Crippen LogP contribution in [0.25, 0.3) is 0 Å². The van der Waals surface area contributed by atoms with Gasteiger partial charge in [-0.25, -0.2) is 0 Å². The van der Waals surface area contributed by atoms with E-state index in [1.54, 1.807) is 25.2 Å². The van der Waals surface area contributed by atoms with E-state index in [0.717, 1.165) is 12.0 Å². The number of carbonyl (C=O) groups is 1. The SMILES string of the molecule is CNC(=O)C(CC(C)C)NC(C)c1cccc(O)c1. The van der Waals surface area contributed by atoms with Crippen molar-refractivity contribution in [3.63, 3.8) is 0 Å². The van der Waals surface area contributed by atoms with Crippen molar-refractivity contribution in [3.8, 4) is 5.75 Å². The molecule has 2 unspecified atom stereocenters. The van der Waals surface area contributed by atoms with Crippen LogP contribution >= 0.6 is 0 Å². The summed E-state index contributed by atoms with van der Waals surface area (Å²) in [7, 11) is 1.65. The third-order valence-corrected chi connectivity index (χ3v) is 3.09. The zero-order chi connectivity index (χ0) is 14.4. The summed E-state index contributed by atoms with van der Waals surface area (Å²) in [6, 6.07) is 6.89. The van der Waals surface area contributed by atoms with Gasteiger partial charge < -0.3 is 10.4 Å². The molecule has 0 aromatic heterocycles. The van der Waals surface area contributed by atoms with Crippen LogP contribution in [0.3, 0.4) is 0 Å². The molecule has 2 atom stereocenters. The highest BCUT2D eigenvalue weighted by molar-refractivity contribution is 5.81. The molecule has 0 saturated heterocycles. The number of amides is 1. The van der Waals surface area contributed by atoms with Crippen molar-refractivity contribution < 1.29 is 9.90 Å². The molecule has 0 radical (unpaired) electrons. The minimum atomic E-state index is -0.220. The molecule has 0 aliphatic heterocycles. The number of aromatic hydroxyl groups is 1. The lowest BCUT2D eigenvalue weighted by molar-refractivity contribution is -0.123. The van der Waals surface area contributed by atoms with Gasteiger partial charge in [-0.05, 0) is 37.0 Å². The van der Waals surface area contributed by atoms with E-state index < -0.39 is 0 Å². The minimum Gasteiger partial charge on any atom is -0.508 e. The number of phenolic OH excluding ortho intramolecular Hbond substituents is 1. The van der Waals surface area contributed by atoms with Crippen molar-refractivity contribution in [2.45, 2.75) is 39.3 Å². The summed E-state index contributed by atoms with van der Waals surface area (Å²) in [5.41, 5.74) is 0.970. The molecule has 1 amide bonds. The first-order chi connectivity index (χ1) is 8.93. The molecule has 0 fully saturated rings. The standard InChI is InChI=1S/C15H24N2O2/c1-10(2)8-14(15(19)16-4)17-11(3)12-6-5-7-13(18)9-12/h5-7,9-11,14,17-18H,8H2,1-4H3,(H,16,19). The first kappa shape index (κ1) is 15.5. The van der Waals surface area contributed by atoms with Gasteiger partial charge in [0.05, 0.1) is 6.04 Å². The molecule has 0 bridgehead atoms. The van der Waals surface area contributed by atoms with Gasteiger partial charge in [-0.1, -0.05) is 26.0 Å². The lowest BCUT2D eigenvalue weighted by Gasteiger charge is -2.24. The number of rotatable bonds is 6. The van der Waals surface area contributed by atoms with Gasteiger partial charge in [-0.15, -0.1) is 0 Å². The maximum atomic E-state index is 11.9. The van der Waals surface area contributed by atoms with Gasteiger partial charge in [0.1, 0.15) is 5.75 Å². The molecule has 0 saturated carbocycles. The Morgan fingerprint density at radius 1 is 1.32 bits per heavy atom. The monoisotopic (exact) mass is 264 g/mol. The molecule has 1 aromatic rings. The average Bonchev–Trinajstić information content (AvgIpc) is 2.36. The molecular formula is C15H24N2O2. The van der Waals surface area contributed by atoms with Gasteiger partial charge in [0.2, 0.25) is 5.91 Å². The largest absolute Gasteiger partial charge is 0.508 e. The number of benzene rings is 1. The van der Waals surface area contributed by atoms with Crippen molar-refractivity contribution in [1.82, 2.24) is 10.6 Å². The van der Waals surface area contributed by atoms with Gasteiger partial charge in [0.25, 0.3) is 0 Å². The lowest BCUT2D eigenvalue weighted by atomic mass is 10.0. The molecule has 4 nitrogen and oxygen atoms in total. The Morgan fingerprint density at radius 3 is 2.53 bits per heavy atom. The first-order valence-electron chi connectivity index (χ1n) is 6.70. The number of carbonyl (C=O) groups excluding carboxylic acids is 1. The smallest absolute Gasteiger partial charge is 0.236 e. The molecule has 0 aliphatic carbocycles. The summed E-state index contributed by atoms with van der Waals surface area (Å²) < 4.78 is 0. The average molecular weight is 264 g/mol. The van der Waals surface area contributed by atoms with Gasteiger partial charge in [0, 0.05) is 13.1 Å². The topological polar surface area (TPSA) is 61.4 Å². The number of hydrogen-bond acceptors (Lipinski definition) is 3. The fraction of sp³-hybridized carbons (Fsp3) is 0.533. The van der Waals surface area contributed by atoms with Crippen LogP contribution in [0.5, 0.6) is 5.75 Å². The van der Waals surface area contributed by atoms with Crippen molar-refractivity contribution in [2.24, 2.45) is 5.92 Å². The van der Waals surface area contributed by atoms with E-state index in [4.69, 9.17) is 0 Å². The summed E-state index contributed by atoms with van der Waals surface area (Å²) in [6.07, 6.45) is 0.781. The number of hydrogen-bond donors (Lipinski definition) is 3. The van der Waals surface area contributed by atoms with Crippen molar-refractivity contribution in [1.29, 1.82) is 0 Å². The maximum Gasteiger partial charge on any atom is 0.236 e. The molecular weight excluding hydrogens is 240 g/mol. The Bertz CT molecular complexity index is 418. The molecule has 1 rings (SSSR count). The second-order valence-corrected chi connectivity index (χ2v) is 5.28. The van der Waals surface area contributed by atoms with E-state index in [0.29, 0.717) is 5.92 Å². The Morgan fingerprint density at radius 2 is 2.00 bits per heavy atom. The lowest BCUT2D eigenvalue weighted by Crippen LogP contribution is -2.44. The highest BCUT2D eigenvalue weighted by Crippen LogP contribution is 2.19. The predicted molar refractivity (Wildman–Crippen MR) is 77.0 cm³/mol. The minimum absolute atomic E-state index is 0.000651. The third-order valence-electron chi connectivity index (χ3n) is 3.09. The summed E-state index contributed by atoms with van der Waals surface area (Å²) in [5.74, 6) is 0.679. The van der Waals surface area contributed by atoms with Crippen LogP contribution in [0, 0.1) is 5.92 Å². The van der Waals surface area contributed by atoms with Crippen molar-refractivity contribution in [3.05, 3.63) is 29.8 Å². The Hall–Kier alpha value is -1.55. The summed E-state index contributed by atoms with van der Waals surface area (Å²) in [4.78, 5) is 11.9. The maximum absolute atomic E-state index is 11.9. The van der Waals surface area contributed by atoms with Gasteiger partial charge in [-0.3, -0.25) is 10.1 Å². The first-order valence-corrected chi connectivity index (χ1v) is 6.70. The fourth-order valence-corrected chi connectivity index (χ4v) is 2.09. The fourth-order valence-electron chi connectivity index (χ4n) is 2.09. The normalized spacial score (nSPS) is 14.2. The summed E-state index contributed by atoms with van der Waals surface area (Å²) in [6.45, 7) is 6.18. The van der Waals surface area contributed by atoms with E-state index in [2.05, 4.69) is 24.5 Å². The van der Waals surface area contributed by atoms with Crippen molar-refractivity contribution in [2.75, 3.05) is 7.05 Å².